The van der Waals surface area contributed by atoms with E-state index in [1.54, 1.807) is 0 Å². The van der Waals surface area contributed by atoms with Crippen LogP contribution in [0.15, 0.2) is 0 Å². The first-order valence-corrected chi connectivity index (χ1v) is 6.29. The van der Waals surface area contributed by atoms with Crippen LogP contribution in [0.4, 0.5) is 0 Å². The zero-order chi connectivity index (χ0) is 12.3. The predicted octanol–water partition coefficient (Wildman–Crippen LogP) is 0.565. The molecule has 0 heterocycles. The molecule has 1 saturated carbocycles. The molecule has 0 unspecified atom stereocenters. The Bertz CT molecular complexity index is 257. The first-order chi connectivity index (χ1) is 8.33. The molecule has 0 aromatic carbocycles. The maximum absolute atomic E-state index is 11.1. The van der Waals surface area contributed by atoms with Crippen LogP contribution in [0.1, 0.15) is 32.1 Å². The molecule has 1 amide bonds. The van der Waals surface area contributed by atoms with Gasteiger partial charge in [0.05, 0.1) is 25.3 Å². The van der Waals surface area contributed by atoms with Crippen LogP contribution in [-0.4, -0.2) is 38.3 Å². The van der Waals surface area contributed by atoms with Gasteiger partial charge in [-0.3, -0.25) is 4.79 Å². The second-order valence-corrected chi connectivity index (χ2v) is 4.24. The van der Waals surface area contributed by atoms with E-state index in [1.165, 1.54) is 32.1 Å². The first-order valence-electron chi connectivity index (χ1n) is 6.29. The molecule has 96 valence electrons. The summed E-state index contributed by atoms with van der Waals surface area (Å²) in [4.78, 5) is 11.1. The van der Waals surface area contributed by atoms with Crippen molar-refractivity contribution in [3.05, 3.63) is 0 Å². The highest BCUT2D eigenvalue weighted by Gasteiger charge is 2.12. The van der Waals surface area contributed by atoms with Crippen molar-refractivity contribution >= 4 is 5.91 Å². The molecule has 0 aromatic rings. The van der Waals surface area contributed by atoms with Crippen LogP contribution in [0.2, 0.25) is 0 Å². The Morgan fingerprint density at radius 3 is 2.82 bits per heavy atom. The minimum Gasteiger partial charge on any atom is -0.377 e. The van der Waals surface area contributed by atoms with E-state index >= 15 is 0 Å². The monoisotopic (exact) mass is 239 g/mol. The highest BCUT2D eigenvalue weighted by molar-refractivity contribution is 5.78. The van der Waals surface area contributed by atoms with E-state index in [0.29, 0.717) is 19.3 Å². The van der Waals surface area contributed by atoms with Crippen LogP contribution in [0.3, 0.4) is 0 Å². The number of ether oxygens (including phenoxy) is 1. The lowest BCUT2D eigenvalue weighted by molar-refractivity contribution is -0.120. The van der Waals surface area contributed by atoms with Crippen molar-refractivity contribution in [1.29, 1.82) is 5.26 Å². The number of hydrogen-bond donors (Lipinski definition) is 2. The van der Waals surface area contributed by atoms with Crippen molar-refractivity contribution < 1.29 is 9.53 Å². The second-order valence-electron chi connectivity index (χ2n) is 4.24. The zero-order valence-corrected chi connectivity index (χ0v) is 10.2. The minimum absolute atomic E-state index is 0.0685. The van der Waals surface area contributed by atoms with Crippen LogP contribution in [0.5, 0.6) is 0 Å². The molecule has 5 heteroatoms. The molecule has 1 fully saturated rings. The third-order valence-corrected chi connectivity index (χ3v) is 2.83. The number of amides is 1. The number of nitrogens with zero attached hydrogens (tertiary/aromatic N) is 1. The van der Waals surface area contributed by atoms with Gasteiger partial charge < -0.3 is 15.4 Å². The van der Waals surface area contributed by atoms with E-state index in [-0.39, 0.29) is 19.0 Å². The van der Waals surface area contributed by atoms with Crippen molar-refractivity contribution in [2.75, 3.05) is 26.2 Å². The molecule has 1 aliphatic rings. The highest BCUT2D eigenvalue weighted by atomic mass is 16.5. The number of nitrogens with one attached hydrogen (secondary N) is 2. The van der Waals surface area contributed by atoms with E-state index in [0.717, 1.165) is 0 Å². The number of nitriles is 1. The van der Waals surface area contributed by atoms with Gasteiger partial charge >= 0.3 is 0 Å². The van der Waals surface area contributed by atoms with Crippen molar-refractivity contribution in [2.24, 2.45) is 0 Å². The molecule has 0 bridgehead atoms. The van der Waals surface area contributed by atoms with Crippen molar-refractivity contribution in [2.45, 2.75) is 38.2 Å². The average Bonchev–Trinajstić information content (AvgIpc) is 2.37. The molecule has 0 radical (unpaired) electrons. The lowest BCUT2D eigenvalue weighted by Crippen LogP contribution is -2.35. The van der Waals surface area contributed by atoms with Crippen LogP contribution in [0.25, 0.3) is 0 Å². The average molecular weight is 239 g/mol. The van der Waals surface area contributed by atoms with Crippen LogP contribution in [-0.2, 0) is 9.53 Å². The number of carbonyl (C=O) groups excluding carboxylic acids is 1. The Morgan fingerprint density at radius 1 is 1.35 bits per heavy atom. The van der Waals surface area contributed by atoms with Gasteiger partial charge in [-0.05, 0) is 12.8 Å². The fraction of sp³-hybridized carbons (Fsp3) is 0.833. The fourth-order valence-electron chi connectivity index (χ4n) is 1.93. The summed E-state index contributed by atoms with van der Waals surface area (Å²) >= 11 is 0. The number of rotatable bonds is 7. The molecule has 0 aliphatic heterocycles. The van der Waals surface area contributed by atoms with Gasteiger partial charge in [0, 0.05) is 6.54 Å². The van der Waals surface area contributed by atoms with E-state index in [1.807, 2.05) is 6.07 Å². The van der Waals surface area contributed by atoms with Gasteiger partial charge in [-0.25, -0.2) is 0 Å². The lowest BCUT2D eigenvalue weighted by atomic mass is 9.98. The molecule has 17 heavy (non-hydrogen) atoms. The topological polar surface area (TPSA) is 74.2 Å². The van der Waals surface area contributed by atoms with E-state index in [4.69, 9.17) is 10.00 Å². The summed E-state index contributed by atoms with van der Waals surface area (Å²) in [6, 6.07) is 1.86. The summed E-state index contributed by atoms with van der Waals surface area (Å²) in [5.41, 5.74) is 0. The Hall–Kier alpha value is -1.12. The van der Waals surface area contributed by atoms with Gasteiger partial charge in [-0.15, -0.1) is 0 Å². The van der Waals surface area contributed by atoms with E-state index < -0.39 is 0 Å². The molecule has 0 saturated heterocycles. The fourth-order valence-corrected chi connectivity index (χ4v) is 1.93. The Morgan fingerprint density at radius 2 is 2.12 bits per heavy atom. The molecule has 2 N–H and O–H groups in total. The van der Waals surface area contributed by atoms with Gasteiger partial charge in [0.1, 0.15) is 6.54 Å². The highest BCUT2D eigenvalue weighted by Crippen LogP contribution is 2.19. The van der Waals surface area contributed by atoms with Gasteiger partial charge in [-0.2, -0.15) is 5.26 Å². The molecular weight excluding hydrogens is 218 g/mol. The summed E-state index contributed by atoms with van der Waals surface area (Å²) in [7, 11) is 0. The Kier molecular flexibility index (Phi) is 7.35. The third-order valence-electron chi connectivity index (χ3n) is 2.83. The maximum atomic E-state index is 11.1. The SMILES string of the molecule is N#CCNC(=O)CNCCOC1CCCCC1. The molecule has 0 spiro atoms. The third kappa shape index (κ3) is 6.93. The van der Waals surface area contributed by atoms with E-state index in [9.17, 15) is 4.79 Å². The van der Waals surface area contributed by atoms with Crippen molar-refractivity contribution in [3.8, 4) is 6.07 Å². The first kappa shape index (κ1) is 13.9. The largest absolute Gasteiger partial charge is 0.377 e. The number of hydrogen-bond acceptors (Lipinski definition) is 4. The molecule has 0 atom stereocenters. The van der Waals surface area contributed by atoms with Gasteiger partial charge in [0.15, 0.2) is 0 Å². The molecular formula is C12H21N3O2. The summed E-state index contributed by atoms with van der Waals surface area (Å²) < 4.78 is 5.70. The summed E-state index contributed by atoms with van der Waals surface area (Å²) in [5, 5.41) is 13.7. The summed E-state index contributed by atoms with van der Waals surface area (Å²) in [6.45, 7) is 1.64. The van der Waals surface area contributed by atoms with Gasteiger partial charge in [0.2, 0.25) is 5.91 Å². The molecule has 1 rings (SSSR count). The van der Waals surface area contributed by atoms with Crippen LogP contribution >= 0.6 is 0 Å². The van der Waals surface area contributed by atoms with Gasteiger partial charge in [-0.1, -0.05) is 19.3 Å². The second kappa shape index (κ2) is 8.97. The zero-order valence-electron chi connectivity index (χ0n) is 10.2. The minimum atomic E-state index is -0.149. The normalized spacial score (nSPS) is 16.4. The predicted molar refractivity (Wildman–Crippen MR) is 64.3 cm³/mol. The lowest BCUT2D eigenvalue weighted by Gasteiger charge is -2.21. The smallest absolute Gasteiger partial charge is 0.234 e. The van der Waals surface area contributed by atoms with Crippen molar-refractivity contribution in [3.63, 3.8) is 0 Å². The Balaban J connectivity index is 1.90. The number of carbonyl (C=O) groups is 1. The standard InChI is InChI=1S/C12H21N3O2/c13-6-7-15-12(16)10-14-8-9-17-11-4-2-1-3-5-11/h11,14H,1-5,7-10H2,(H,15,16). The molecule has 5 nitrogen and oxygen atoms in total. The molecule has 1 aliphatic carbocycles. The van der Waals surface area contributed by atoms with Crippen LogP contribution < -0.4 is 10.6 Å². The van der Waals surface area contributed by atoms with E-state index in [2.05, 4.69) is 10.6 Å². The van der Waals surface area contributed by atoms with Crippen LogP contribution in [0, 0.1) is 11.3 Å². The van der Waals surface area contributed by atoms with Crippen molar-refractivity contribution in [1.82, 2.24) is 10.6 Å². The maximum Gasteiger partial charge on any atom is 0.234 e. The Labute approximate surface area is 103 Å². The summed E-state index contributed by atoms with van der Waals surface area (Å²) in [5.74, 6) is -0.149. The summed E-state index contributed by atoms with van der Waals surface area (Å²) in [6.07, 6.45) is 6.63. The molecule has 0 aromatic heterocycles. The quantitative estimate of drug-likeness (QED) is 0.503. The van der Waals surface area contributed by atoms with Gasteiger partial charge in [0.25, 0.3) is 0 Å².